The highest BCUT2D eigenvalue weighted by molar-refractivity contribution is 5.76. The molecule has 0 aromatic heterocycles. The van der Waals surface area contributed by atoms with E-state index >= 15 is 0 Å². The first kappa shape index (κ1) is 17.0. The molecule has 4 nitrogen and oxygen atoms in total. The molecule has 1 rings (SSSR count). The van der Waals surface area contributed by atoms with E-state index in [2.05, 4.69) is 0 Å². The molecule has 0 unspecified atom stereocenters. The van der Waals surface area contributed by atoms with Crippen LogP contribution in [0.3, 0.4) is 0 Å². The maximum absolute atomic E-state index is 11.8. The van der Waals surface area contributed by atoms with E-state index in [1.165, 1.54) is 0 Å². The van der Waals surface area contributed by atoms with Gasteiger partial charge in [-0.15, -0.1) is 0 Å². The number of carbonyl (C=O) groups excluding carboxylic acids is 2. The molecule has 0 spiro atoms. The van der Waals surface area contributed by atoms with Crippen LogP contribution in [-0.4, -0.2) is 24.1 Å². The summed E-state index contributed by atoms with van der Waals surface area (Å²) in [5, 5.41) is 0. The van der Waals surface area contributed by atoms with Crippen LogP contribution in [0.15, 0.2) is 0 Å². The van der Waals surface area contributed by atoms with Gasteiger partial charge in [-0.2, -0.15) is 0 Å². The Bertz CT molecular complexity index is 316. The molecule has 0 aromatic carbocycles. The van der Waals surface area contributed by atoms with Crippen molar-refractivity contribution < 1.29 is 19.1 Å². The van der Waals surface area contributed by atoms with Crippen LogP contribution in [0.2, 0.25) is 0 Å². The van der Waals surface area contributed by atoms with E-state index in [4.69, 9.17) is 9.47 Å². The number of ether oxygens (including phenoxy) is 2. The summed E-state index contributed by atoms with van der Waals surface area (Å²) in [7, 11) is 0. The van der Waals surface area contributed by atoms with Gasteiger partial charge in [0.1, 0.15) is 12.2 Å². The molecular formula is C16H28O4. The first-order valence-corrected chi connectivity index (χ1v) is 7.42. The van der Waals surface area contributed by atoms with Crippen LogP contribution >= 0.6 is 0 Å². The third-order valence-corrected chi connectivity index (χ3v) is 3.39. The quantitative estimate of drug-likeness (QED) is 0.728. The molecular weight excluding hydrogens is 256 g/mol. The number of carbonyl (C=O) groups is 2. The second-order valence-electron chi connectivity index (χ2n) is 7.71. The van der Waals surface area contributed by atoms with Crippen molar-refractivity contribution in [1.82, 2.24) is 0 Å². The zero-order chi connectivity index (χ0) is 15.6. The van der Waals surface area contributed by atoms with E-state index in [0.717, 1.165) is 25.7 Å². The molecule has 0 aromatic rings. The molecule has 1 saturated carbocycles. The van der Waals surface area contributed by atoms with E-state index in [1.807, 2.05) is 41.5 Å². The Morgan fingerprint density at radius 3 is 1.15 bits per heavy atom. The monoisotopic (exact) mass is 284 g/mol. The molecule has 0 N–H and O–H groups in total. The van der Waals surface area contributed by atoms with Crippen molar-refractivity contribution in [2.45, 2.75) is 79.4 Å². The highest BCUT2D eigenvalue weighted by Crippen LogP contribution is 2.28. The van der Waals surface area contributed by atoms with Crippen molar-refractivity contribution in [1.29, 1.82) is 0 Å². The Hall–Kier alpha value is -1.06. The summed E-state index contributed by atoms with van der Waals surface area (Å²) < 4.78 is 11.0. The predicted octanol–water partition coefficient (Wildman–Crippen LogP) is 3.48. The molecule has 1 fully saturated rings. The fraction of sp³-hybridized carbons (Fsp3) is 0.875. The van der Waals surface area contributed by atoms with Crippen molar-refractivity contribution in [3.8, 4) is 0 Å². The number of rotatable bonds is 2. The molecule has 1 aliphatic rings. The molecule has 0 heterocycles. The molecule has 20 heavy (non-hydrogen) atoms. The molecule has 0 bridgehead atoms. The summed E-state index contributed by atoms with van der Waals surface area (Å²) in [4.78, 5) is 23.6. The van der Waals surface area contributed by atoms with Gasteiger partial charge in [0.05, 0.1) is 10.8 Å². The molecule has 0 atom stereocenters. The maximum Gasteiger partial charge on any atom is 0.311 e. The summed E-state index contributed by atoms with van der Waals surface area (Å²) in [6, 6.07) is 0. The minimum absolute atomic E-state index is 0.0358. The van der Waals surface area contributed by atoms with Crippen molar-refractivity contribution in [2.75, 3.05) is 0 Å². The third-order valence-electron chi connectivity index (χ3n) is 3.39. The SMILES string of the molecule is CC(C)(C)C(=O)OC1CCC(OC(=O)C(C)(C)C)CC1. The molecule has 116 valence electrons. The fourth-order valence-electron chi connectivity index (χ4n) is 1.92. The van der Waals surface area contributed by atoms with Gasteiger partial charge in [0, 0.05) is 0 Å². The Kier molecular flexibility index (Phi) is 5.22. The Morgan fingerprint density at radius 2 is 0.950 bits per heavy atom. The van der Waals surface area contributed by atoms with E-state index in [1.54, 1.807) is 0 Å². The van der Waals surface area contributed by atoms with Crippen molar-refractivity contribution in [2.24, 2.45) is 10.8 Å². The van der Waals surface area contributed by atoms with Gasteiger partial charge in [0.15, 0.2) is 0 Å². The second-order valence-corrected chi connectivity index (χ2v) is 7.71. The van der Waals surface area contributed by atoms with Crippen LogP contribution in [0.25, 0.3) is 0 Å². The molecule has 0 radical (unpaired) electrons. The van der Waals surface area contributed by atoms with Gasteiger partial charge >= 0.3 is 11.9 Å². The van der Waals surface area contributed by atoms with E-state index in [0.29, 0.717) is 0 Å². The minimum Gasteiger partial charge on any atom is -0.462 e. The van der Waals surface area contributed by atoms with Gasteiger partial charge in [0.2, 0.25) is 0 Å². The number of esters is 2. The van der Waals surface area contributed by atoms with E-state index in [9.17, 15) is 9.59 Å². The topological polar surface area (TPSA) is 52.6 Å². The summed E-state index contributed by atoms with van der Waals surface area (Å²) in [5.74, 6) is -0.319. The highest BCUT2D eigenvalue weighted by atomic mass is 16.6. The Morgan fingerprint density at radius 1 is 0.700 bits per heavy atom. The van der Waals surface area contributed by atoms with Gasteiger partial charge in [-0.25, -0.2) is 0 Å². The van der Waals surface area contributed by atoms with Crippen LogP contribution in [0, 0.1) is 10.8 Å². The molecule has 0 aliphatic heterocycles. The van der Waals surface area contributed by atoms with Gasteiger partial charge < -0.3 is 9.47 Å². The number of hydrogen-bond acceptors (Lipinski definition) is 4. The van der Waals surface area contributed by atoms with Crippen LogP contribution in [0.4, 0.5) is 0 Å². The zero-order valence-corrected chi connectivity index (χ0v) is 13.6. The van der Waals surface area contributed by atoms with Crippen LogP contribution < -0.4 is 0 Å². The standard InChI is InChI=1S/C16H28O4/c1-15(2,3)13(17)19-11-7-9-12(10-8-11)20-14(18)16(4,5)6/h11-12H,7-10H2,1-6H3. The first-order chi connectivity index (χ1) is 9.00. The van der Waals surface area contributed by atoms with Crippen molar-refractivity contribution in [3.63, 3.8) is 0 Å². The number of hydrogen-bond donors (Lipinski definition) is 0. The van der Waals surface area contributed by atoms with Crippen LogP contribution in [0.1, 0.15) is 67.2 Å². The van der Waals surface area contributed by atoms with Crippen LogP contribution in [0.5, 0.6) is 0 Å². The lowest BCUT2D eigenvalue weighted by molar-refractivity contribution is -0.167. The van der Waals surface area contributed by atoms with Crippen molar-refractivity contribution in [3.05, 3.63) is 0 Å². The Labute approximate surface area is 122 Å². The van der Waals surface area contributed by atoms with Crippen LogP contribution in [-0.2, 0) is 19.1 Å². The third kappa shape index (κ3) is 5.14. The Balaban J connectivity index is 2.37. The van der Waals surface area contributed by atoms with Gasteiger partial charge in [-0.1, -0.05) is 0 Å². The lowest BCUT2D eigenvalue weighted by Gasteiger charge is -2.31. The molecule has 4 heteroatoms. The average Bonchev–Trinajstić information content (AvgIpc) is 2.29. The second kappa shape index (κ2) is 6.15. The van der Waals surface area contributed by atoms with E-state index in [-0.39, 0.29) is 24.1 Å². The van der Waals surface area contributed by atoms with Gasteiger partial charge in [-0.3, -0.25) is 9.59 Å². The average molecular weight is 284 g/mol. The molecule has 1 aliphatic carbocycles. The smallest absolute Gasteiger partial charge is 0.311 e. The summed E-state index contributed by atoms with van der Waals surface area (Å²) in [5.41, 5.74) is -0.925. The lowest BCUT2D eigenvalue weighted by Crippen LogP contribution is -2.35. The summed E-state index contributed by atoms with van der Waals surface area (Å²) in [6.07, 6.45) is 3.00. The molecule has 0 saturated heterocycles. The molecule has 0 amide bonds. The normalized spacial score (nSPS) is 24.1. The van der Waals surface area contributed by atoms with Gasteiger partial charge in [0.25, 0.3) is 0 Å². The van der Waals surface area contributed by atoms with Crippen molar-refractivity contribution >= 4 is 11.9 Å². The van der Waals surface area contributed by atoms with E-state index < -0.39 is 10.8 Å². The summed E-state index contributed by atoms with van der Waals surface area (Å²) in [6.45, 7) is 11.1. The highest BCUT2D eigenvalue weighted by Gasteiger charge is 2.32. The zero-order valence-electron chi connectivity index (χ0n) is 13.6. The fourth-order valence-corrected chi connectivity index (χ4v) is 1.92. The maximum atomic E-state index is 11.8. The predicted molar refractivity (Wildman–Crippen MR) is 77.1 cm³/mol. The van der Waals surface area contributed by atoms with Gasteiger partial charge in [-0.05, 0) is 67.2 Å². The summed E-state index contributed by atoms with van der Waals surface area (Å²) >= 11 is 0. The minimum atomic E-state index is -0.463. The lowest BCUT2D eigenvalue weighted by atomic mass is 9.92. The first-order valence-electron chi connectivity index (χ1n) is 7.42. The largest absolute Gasteiger partial charge is 0.462 e.